The maximum Gasteiger partial charge on any atom is 0.246 e. The number of ether oxygens (including phenoxy) is 1. The second-order valence-electron chi connectivity index (χ2n) is 7.28. The zero-order valence-corrected chi connectivity index (χ0v) is 18.8. The first-order valence-electron chi connectivity index (χ1n) is 9.94. The Morgan fingerprint density at radius 2 is 1.90 bits per heavy atom. The van der Waals surface area contributed by atoms with E-state index in [1.54, 1.807) is 35.9 Å². The van der Waals surface area contributed by atoms with Crippen molar-refractivity contribution >= 4 is 34.7 Å². The van der Waals surface area contributed by atoms with Crippen molar-refractivity contribution in [3.8, 4) is 16.3 Å². The van der Waals surface area contributed by atoms with E-state index >= 15 is 0 Å². The van der Waals surface area contributed by atoms with Gasteiger partial charge in [0.25, 0.3) is 0 Å². The Balaban J connectivity index is 1.28. The number of aromatic nitrogens is 1. The van der Waals surface area contributed by atoms with Crippen LogP contribution in [0, 0.1) is 6.92 Å². The first-order chi connectivity index (χ1) is 14.6. The number of carbonyl (C=O) groups excluding carboxylic acids is 1. The van der Waals surface area contributed by atoms with Crippen LogP contribution in [0.3, 0.4) is 0 Å². The fourth-order valence-corrected chi connectivity index (χ4v) is 5.05. The maximum atomic E-state index is 12.5. The first-order valence-corrected chi connectivity index (χ1v) is 11.7. The van der Waals surface area contributed by atoms with Gasteiger partial charge in [0.15, 0.2) is 0 Å². The summed E-state index contributed by atoms with van der Waals surface area (Å²) in [5.41, 5.74) is 3.40. The van der Waals surface area contributed by atoms with Gasteiger partial charge in [-0.2, -0.15) is 0 Å². The maximum absolute atomic E-state index is 12.5. The zero-order chi connectivity index (χ0) is 20.9. The van der Waals surface area contributed by atoms with Crippen molar-refractivity contribution < 1.29 is 9.53 Å². The highest BCUT2D eigenvalue weighted by atomic mass is 32.1. The van der Waals surface area contributed by atoms with Crippen LogP contribution in [0.2, 0.25) is 0 Å². The molecule has 3 heterocycles. The molecule has 0 radical (unpaired) electrons. The van der Waals surface area contributed by atoms with E-state index in [1.807, 2.05) is 35.2 Å². The first kappa shape index (κ1) is 20.8. The molecule has 0 aliphatic carbocycles. The summed E-state index contributed by atoms with van der Waals surface area (Å²) in [6.07, 6.45) is 3.64. The highest BCUT2D eigenvalue weighted by molar-refractivity contribution is 7.13. The summed E-state index contributed by atoms with van der Waals surface area (Å²) in [5, 5.41) is 5.20. The summed E-state index contributed by atoms with van der Waals surface area (Å²) >= 11 is 3.33. The molecule has 156 valence electrons. The Morgan fingerprint density at radius 1 is 1.13 bits per heavy atom. The average Bonchev–Trinajstić information content (AvgIpc) is 3.41. The Kier molecular flexibility index (Phi) is 6.62. The van der Waals surface area contributed by atoms with Crippen LogP contribution in [-0.4, -0.2) is 54.0 Å². The largest absolute Gasteiger partial charge is 0.497 e. The number of carbonyl (C=O) groups is 1. The van der Waals surface area contributed by atoms with Crippen LogP contribution >= 0.6 is 22.7 Å². The summed E-state index contributed by atoms with van der Waals surface area (Å²) in [6.45, 7) is 6.13. The van der Waals surface area contributed by atoms with Gasteiger partial charge >= 0.3 is 0 Å². The molecular formula is C23H25N3O2S2. The molecule has 1 aromatic carbocycles. The quantitative estimate of drug-likeness (QED) is 0.529. The normalized spacial score (nSPS) is 15.1. The van der Waals surface area contributed by atoms with Crippen molar-refractivity contribution in [2.45, 2.75) is 13.5 Å². The molecule has 0 atom stereocenters. The second kappa shape index (κ2) is 9.55. The monoisotopic (exact) mass is 439 g/mol. The molecule has 5 nitrogen and oxygen atoms in total. The minimum atomic E-state index is 0.0953. The van der Waals surface area contributed by atoms with Gasteiger partial charge in [-0.25, -0.2) is 4.98 Å². The number of nitrogens with zero attached hydrogens (tertiary/aromatic N) is 3. The molecule has 1 aliphatic heterocycles. The second-order valence-corrected chi connectivity index (χ2v) is 9.08. The molecule has 1 fully saturated rings. The van der Waals surface area contributed by atoms with Gasteiger partial charge in [-0.15, -0.1) is 22.7 Å². The van der Waals surface area contributed by atoms with E-state index in [-0.39, 0.29) is 5.91 Å². The van der Waals surface area contributed by atoms with Crippen molar-refractivity contribution in [1.82, 2.24) is 14.8 Å². The Morgan fingerprint density at radius 3 is 2.57 bits per heavy atom. The number of hydrogen-bond donors (Lipinski definition) is 0. The van der Waals surface area contributed by atoms with Crippen LogP contribution in [0.4, 0.5) is 0 Å². The Hall–Kier alpha value is -2.48. The lowest BCUT2D eigenvalue weighted by molar-refractivity contribution is -0.127. The minimum Gasteiger partial charge on any atom is -0.497 e. The van der Waals surface area contributed by atoms with Crippen LogP contribution in [0.25, 0.3) is 16.6 Å². The molecule has 0 N–H and O–H groups in total. The predicted octanol–water partition coefficient (Wildman–Crippen LogP) is 4.55. The Bertz CT molecular complexity index is 1020. The third kappa shape index (κ3) is 4.98. The van der Waals surface area contributed by atoms with Gasteiger partial charge < -0.3 is 9.64 Å². The van der Waals surface area contributed by atoms with E-state index in [0.29, 0.717) is 0 Å². The van der Waals surface area contributed by atoms with Crippen LogP contribution in [-0.2, 0) is 11.3 Å². The fourth-order valence-electron chi connectivity index (χ4n) is 3.41. The number of benzene rings is 1. The van der Waals surface area contributed by atoms with E-state index in [2.05, 4.69) is 28.7 Å². The smallest absolute Gasteiger partial charge is 0.246 e. The number of amides is 1. The summed E-state index contributed by atoms with van der Waals surface area (Å²) in [6, 6.07) is 10.1. The van der Waals surface area contributed by atoms with Crippen LogP contribution < -0.4 is 4.74 Å². The Labute approximate surface area is 185 Å². The van der Waals surface area contributed by atoms with Crippen LogP contribution in [0.1, 0.15) is 16.1 Å². The molecular weight excluding hydrogens is 414 g/mol. The fraction of sp³-hybridized carbons (Fsp3) is 0.304. The minimum absolute atomic E-state index is 0.0953. The lowest BCUT2D eigenvalue weighted by Gasteiger charge is -2.33. The number of thiazole rings is 1. The van der Waals surface area contributed by atoms with Crippen molar-refractivity contribution in [2.75, 3.05) is 33.3 Å². The molecule has 0 saturated carbocycles. The van der Waals surface area contributed by atoms with Crippen molar-refractivity contribution in [1.29, 1.82) is 0 Å². The highest BCUT2D eigenvalue weighted by Gasteiger charge is 2.20. The number of aryl methyl sites for hydroxylation is 1. The third-order valence-corrected chi connectivity index (χ3v) is 7.16. The molecule has 1 aliphatic rings. The van der Waals surface area contributed by atoms with Gasteiger partial charge in [0.05, 0.1) is 12.8 Å². The van der Waals surface area contributed by atoms with E-state index < -0.39 is 0 Å². The summed E-state index contributed by atoms with van der Waals surface area (Å²) < 4.78 is 5.22. The van der Waals surface area contributed by atoms with Crippen molar-refractivity contribution in [2.24, 2.45) is 0 Å². The number of methoxy groups -OCH3 is 1. The lowest BCUT2D eigenvalue weighted by atomic mass is 10.2. The van der Waals surface area contributed by atoms with E-state index in [0.717, 1.165) is 59.6 Å². The zero-order valence-electron chi connectivity index (χ0n) is 17.2. The molecule has 0 spiro atoms. The van der Waals surface area contributed by atoms with Gasteiger partial charge in [0, 0.05) is 54.6 Å². The standard InChI is InChI=1S/C23H25N3O2S2/c1-17-9-14-29-21(17)7-8-22(27)26-12-10-25(11-13-26)15-19-16-30-23(24-19)18-3-5-20(28-2)6-4-18/h3-9,14,16H,10-13,15H2,1-2H3/b8-7+. The van der Waals surface area contributed by atoms with Crippen LogP contribution in [0.15, 0.2) is 47.2 Å². The number of thiophene rings is 1. The topological polar surface area (TPSA) is 45.7 Å². The van der Waals surface area contributed by atoms with E-state index in [1.165, 1.54) is 5.56 Å². The summed E-state index contributed by atoms with van der Waals surface area (Å²) in [5.74, 6) is 0.946. The van der Waals surface area contributed by atoms with Gasteiger partial charge in [-0.3, -0.25) is 9.69 Å². The summed E-state index contributed by atoms with van der Waals surface area (Å²) in [7, 11) is 1.67. The van der Waals surface area contributed by atoms with Gasteiger partial charge in [-0.05, 0) is 54.3 Å². The third-order valence-electron chi connectivity index (χ3n) is 5.24. The number of piperazine rings is 1. The number of rotatable bonds is 6. The van der Waals surface area contributed by atoms with Gasteiger partial charge in [-0.1, -0.05) is 0 Å². The van der Waals surface area contributed by atoms with E-state index in [4.69, 9.17) is 9.72 Å². The highest BCUT2D eigenvalue weighted by Crippen LogP contribution is 2.26. The molecule has 30 heavy (non-hydrogen) atoms. The summed E-state index contributed by atoms with van der Waals surface area (Å²) in [4.78, 5) is 22.7. The molecule has 4 rings (SSSR count). The average molecular weight is 440 g/mol. The molecule has 2 aromatic heterocycles. The predicted molar refractivity (Wildman–Crippen MR) is 124 cm³/mol. The van der Waals surface area contributed by atoms with Crippen molar-refractivity contribution in [3.05, 3.63) is 63.3 Å². The molecule has 1 saturated heterocycles. The van der Waals surface area contributed by atoms with Crippen LogP contribution in [0.5, 0.6) is 5.75 Å². The molecule has 1 amide bonds. The van der Waals surface area contributed by atoms with Gasteiger partial charge in [0.2, 0.25) is 5.91 Å². The van der Waals surface area contributed by atoms with E-state index in [9.17, 15) is 4.79 Å². The molecule has 0 unspecified atom stereocenters. The molecule has 7 heteroatoms. The lowest BCUT2D eigenvalue weighted by Crippen LogP contribution is -2.47. The van der Waals surface area contributed by atoms with Crippen molar-refractivity contribution in [3.63, 3.8) is 0 Å². The van der Waals surface area contributed by atoms with Gasteiger partial charge in [0.1, 0.15) is 10.8 Å². The number of hydrogen-bond acceptors (Lipinski definition) is 6. The SMILES string of the molecule is COc1ccc(-c2nc(CN3CCN(C(=O)/C=C/c4sccc4C)CC3)cs2)cc1. The molecule has 3 aromatic rings. The molecule has 0 bridgehead atoms.